The van der Waals surface area contributed by atoms with Crippen molar-refractivity contribution in [2.24, 2.45) is 0 Å². The topological polar surface area (TPSA) is 56.7 Å². The number of aromatic nitrogens is 1. The predicted octanol–water partition coefficient (Wildman–Crippen LogP) is 4.08. The van der Waals surface area contributed by atoms with Crippen molar-refractivity contribution in [1.29, 1.82) is 0 Å². The number of aliphatic hydroxyl groups excluding tert-OH is 1. The Labute approximate surface area is 186 Å². The third kappa shape index (κ3) is 4.71. The van der Waals surface area contributed by atoms with E-state index in [1.165, 1.54) is 11.0 Å². The molecule has 0 spiro atoms. The van der Waals surface area contributed by atoms with E-state index in [-0.39, 0.29) is 30.0 Å². The van der Waals surface area contributed by atoms with Gasteiger partial charge in [-0.05, 0) is 42.8 Å². The number of benzene rings is 2. The number of amides is 1. The number of carbonyl (C=O) groups is 1. The maximum absolute atomic E-state index is 13.8. The average Bonchev–Trinajstić information content (AvgIpc) is 3.23. The molecule has 1 aromatic heterocycles. The molecule has 1 amide bonds. The second-order valence-electron chi connectivity index (χ2n) is 8.03. The van der Waals surface area contributed by atoms with Crippen molar-refractivity contribution in [3.8, 4) is 0 Å². The van der Waals surface area contributed by atoms with Crippen LogP contribution in [0.2, 0.25) is 5.02 Å². The van der Waals surface area contributed by atoms with Crippen molar-refractivity contribution in [2.45, 2.75) is 18.9 Å². The van der Waals surface area contributed by atoms with Gasteiger partial charge in [0.05, 0.1) is 22.7 Å². The zero-order chi connectivity index (χ0) is 22.0. The molecular formula is C24H25ClFN3O2. The van der Waals surface area contributed by atoms with Gasteiger partial charge in [-0.25, -0.2) is 4.39 Å². The Hall–Kier alpha value is -2.54. The number of hydrogen-bond acceptors (Lipinski definition) is 4. The number of rotatable bonds is 6. The molecule has 1 N–H and O–H groups in total. The first-order valence-electron chi connectivity index (χ1n) is 10.4. The lowest BCUT2D eigenvalue weighted by atomic mass is 9.99. The van der Waals surface area contributed by atoms with Gasteiger partial charge in [0.2, 0.25) is 0 Å². The van der Waals surface area contributed by atoms with E-state index in [1.54, 1.807) is 13.1 Å². The summed E-state index contributed by atoms with van der Waals surface area (Å²) in [5.74, 6) is -0.335. The summed E-state index contributed by atoms with van der Waals surface area (Å²) in [6.45, 7) is 2.50. The van der Waals surface area contributed by atoms with Gasteiger partial charge in [0.15, 0.2) is 0 Å². The largest absolute Gasteiger partial charge is 0.395 e. The van der Waals surface area contributed by atoms with Gasteiger partial charge in [-0.1, -0.05) is 35.9 Å². The molecule has 1 aliphatic heterocycles. The first-order valence-corrected chi connectivity index (χ1v) is 10.8. The minimum absolute atomic E-state index is 0.0824. The molecule has 0 unspecified atom stereocenters. The van der Waals surface area contributed by atoms with E-state index in [2.05, 4.69) is 4.90 Å². The first-order chi connectivity index (χ1) is 15.0. The molecule has 2 heterocycles. The number of hydrogen-bond donors (Lipinski definition) is 1. The third-order valence-electron chi connectivity index (χ3n) is 5.83. The van der Waals surface area contributed by atoms with E-state index in [1.807, 2.05) is 36.4 Å². The minimum Gasteiger partial charge on any atom is -0.395 e. The number of aliphatic hydroxyl groups is 1. The van der Waals surface area contributed by atoms with Crippen LogP contribution in [0, 0.1) is 5.82 Å². The number of halogens is 2. The molecule has 0 saturated carbocycles. The lowest BCUT2D eigenvalue weighted by Crippen LogP contribution is -2.30. The zero-order valence-corrected chi connectivity index (χ0v) is 18.1. The monoisotopic (exact) mass is 441 g/mol. The zero-order valence-electron chi connectivity index (χ0n) is 17.4. The summed E-state index contributed by atoms with van der Waals surface area (Å²) in [5, 5.41) is 10.2. The second-order valence-corrected chi connectivity index (χ2v) is 8.44. The molecule has 0 aliphatic carbocycles. The van der Waals surface area contributed by atoms with Gasteiger partial charge in [-0.2, -0.15) is 0 Å². The highest BCUT2D eigenvalue weighted by molar-refractivity contribution is 6.30. The normalized spacial score (nSPS) is 16.7. The molecule has 1 saturated heterocycles. The molecule has 5 nitrogen and oxygen atoms in total. The molecule has 3 aromatic rings. The summed E-state index contributed by atoms with van der Waals surface area (Å²) in [6, 6.07) is 14.5. The minimum atomic E-state index is -0.402. The Morgan fingerprint density at radius 3 is 2.87 bits per heavy atom. The van der Waals surface area contributed by atoms with Crippen molar-refractivity contribution < 1.29 is 14.3 Å². The summed E-state index contributed by atoms with van der Waals surface area (Å²) in [6.07, 6.45) is 0.918. The molecule has 1 aliphatic rings. The van der Waals surface area contributed by atoms with E-state index in [0.717, 1.165) is 41.7 Å². The van der Waals surface area contributed by atoms with Crippen LogP contribution in [0.25, 0.3) is 10.9 Å². The van der Waals surface area contributed by atoms with Gasteiger partial charge in [0.25, 0.3) is 5.91 Å². The second kappa shape index (κ2) is 9.30. The molecule has 2 aromatic carbocycles. The number of nitrogens with zero attached hydrogens (tertiary/aromatic N) is 3. The number of para-hydroxylation sites is 1. The van der Waals surface area contributed by atoms with Crippen LogP contribution in [-0.2, 0) is 6.54 Å². The lowest BCUT2D eigenvalue weighted by molar-refractivity contribution is 0.0768. The highest BCUT2D eigenvalue weighted by atomic mass is 35.5. The van der Waals surface area contributed by atoms with Crippen LogP contribution in [0.1, 0.15) is 34.0 Å². The molecule has 0 bridgehead atoms. The molecule has 7 heteroatoms. The van der Waals surface area contributed by atoms with Crippen molar-refractivity contribution >= 4 is 28.4 Å². The average molecular weight is 442 g/mol. The van der Waals surface area contributed by atoms with E-state index in [9.17, 15) is 14.3 Å². The van der Waals surface area contributed by atoms with Crippen LogP contribution in [0.4, 0.5) is 4.39 Å². The summed E-state index contributed by atoms with van der Waals surface area (Å²) in [5.41, 5.74) is 3.17. The molecular weight excluding hydrogens is 417 g/mol. The Balaban J connectivity index is 1.58. The van der Waals surface area contributed by atoms with Gasteiger partial charge in [-0.3, -0.25) is 14.7 Å². The van der Waals surface area contributed by atoms with Crippen LogP contribution >= 0.6 is 11.6 Å². The fourth-order valence-corrected chi connectivity index (χ4v) is 4.27. The maximum Gasteiger partial charge on any atom is 0.254 e. The fraction of sp³-hybridized carbons (Fsp3) is 0.333. The highest BCUT2D eigenvalue weighted by Gasteiger charge is 2.27. The summed E-state index contributed by atoms with van der Waals surface area (Å²) in [4.78, 5) is 21.7. The quantitative estimate of drug-likeness (QED) is 0.626. The third-order valence-corrected chi connectivity index (χ3v) is 6.14. The molecule has 1 atom stereocenters. The van der Waals surface area contributed by atoms with Crippen molar-refractivity contribution in [2.75, 3.05) is 33.3 Å². The van der Waals surface area contributed by atoms with Crippen LogP contribution < -0.4 is 0 Å². The van der Waals surface area contributed by atoms with Crippen LogP contribution in [-0.4, -0.2) is 59.1 Å². The van der Waals surface area contributed by atoms with E-state index in [0.29, 0.717) is 12.1 Å². The van der Waals surface area contributed by atoms with Crippen molar-refractivity contribution in [3.05, 3.63) is 76.2 Å². The fourth-order valence-electron chi connectivity index (χ4n) is 4.15. The van der Waals surface area contributed by atoms with Gasteiger partial charge in [0.1, 0.15) is 5.82 Å². The number of pyridine rings is 1. The standard InChI is InChI=1S/C24H25ClFN3O2/c1-28(10-11-30)24(31)19-13-23(27-22-5-3-2-4-18(19)22)17-8-9-29(15-17)14-16-6-7-20(25)21(26)12-16/h2-7,12-13,17,30H,8-11,14-15H2,1H3/t17-/m1/s1. The highest BCUT2D eigenvalue weighted by Crippen LogP contribution is 2.31. The Morgan fingerprint density at radius 1 is 1.29 bits per heavy atom. The van der Waals surface area contributed by atoms with Crippen molar-refractivity contribution in [1.82, 2.24) is 14.8 Å². The number of likely N-dealkylation sites (tertiary alicyclic amines) is 1. The number of carbonyl (C=O) groups excluding carboxylic acids is 1. The van der Waals surface area contributed by atoms with E-state index in [4.69, 9.17) is 16.6 Å². The summed E-state index contributed by atoms with van der Waals surface area (Å²) in [7, 11) is 1.69. The molecule has 0 radical (unpaired) electrons. The summed E-state index contributed by atoms with van der Waals surface area (Å²) >= 11 is 5.79. The van der Waals surface area contributed by atoms with Gasteiger partial charge in [-0.15, -0.1) is 0 Å². The van der Waals surface area contributed by atoms with E-state index >= 15 is 0 Å². The molecule has 31 heavy (non-hydrogen) atoms. The number of likely N-dealkylation sites (N-methyl/N-ethyl adjacent to an activating group) is 1. The van der Waals surface area contributed by atoms with Crippen LogP contribution in [0.3, 0.4) is 0 Å². The van der Waals surface area contributed by atoms with Crippen LogP contribution in [0.5, 0.6) is 0 Å². The number of fused-ring (bicyclic) bond motifs is 1. The van der Waals surface area contributed by atoms with Gasteiger partial charge in [0, 0.05) is 43.7 Å². The first kappa shape index (κ1) is 21.7. The molecule has 1 fully saturated rings. The van der Waals surface area contributed by atoms with E-state index < -0.39 is 5.82 Å². The molecule has 4 rings (SSSR count). The smallest absolute Gasteiger partial charge is 0.254 e. The van der Waals surface area contributed by atoms with Crippen LogP contribution in [0.15, 0.2) is 48.5 Å². The summed E-state index contributed by atoms with van der Waals surface area (Å²) < 4.78 is 13.8. The van der Waals surface area contributed by atoms with Gasteiger partial charge < -0.3 is 10.0 Å². The molecule has 162 valence electrons. The van der Waals surface area contributed by atoms with Crippen molar-refractivity contribution in [3.63, 3.8) is 0 Å². The maximum atomic E-state index is 13.8. The SMILES string of the molecule is CN(CCO)C(=O)c1cc([C@@H]2CCN(Cc3ccc(Cl)c(F)c3)C2)nc2ccccc12. The Kier molecular flexibility index (Phi) is 6.51. The predicted molar refractivity (Wildman–Crippen MR) is 120 cm³/mol. The Bertz CT molecular complexity index is 1110. The Morgan fingerprint density at radius 2 is 2.10 bits per heavy atom. The van der Waals surface area contributed by atoms with Gasteiger partial charge >= 0.3 is 0 Å². The lowest BCUT2D eigenvalue weighted by Gasteiger charge is -2.19.